The Kier molecular flexibility index (Phi) is 5.86. The summed E-state index contributed by atoms with van der Waals surface area (Å²) in [5.74, 6) is 0. The van der Waals surface area contributed by atoms with Gasteiger partial charge in [0.2, 0.25) is 0 Å². The summed E-state index contributed by atoms with van der Waals surface area (Å²) < 4.78 is 0. The van der Waals surface area contributed by atoms with Gasteiger partial charge in [-0.05, 0) is 37.8 Å². The molecule has 90 valence electrons. The number of hydrogen-bond donors (Lipinski definition) is 1. The van der Waals surface area contributed by atoms with Gasteiger partial charge in [0.1, 0.15) is 0 Å². The molecule has 0 aromatic heterocycles. The van der Waals surface area contributed by atoms with Crippen LogP contribution in [0.4, 0.5) is 0 Å². The monoisotopic (exact) mass is 239 g/mol. The van der Waals surface area contributed by atoms with Crippen LogP contribution in [0, 0.1) is 0 Å². The molecule has 0 saturated heterocycles. The molecule has 0 amide bonds. The highest BCUT2D eigenvalue weighted by molar-refractivity contribution is 6.20. The molecule has 0 spiro atoms. The van der Waals surface area contributed by atoms with Gasteiger partial charge in [0.15, 0.2) is 0 Å². The fourth-order valence-electron chi connectivity index (χ4n) is 1.76. The third kappa shape index (κ3) is 5.00. The van der Waals surface area contributed by atoms with Crippen LogP contribution in [0.3, 0.4) is 0 Å². The minimum Gasteiger partial charge on any atom is -0.310 e. The quantitative estimate of drug-likeness (QED) is 0.746. The van der Waals surface area contributed by atoms with E-state index in [4.69, 9.17) is 11.6 Å². The van der Waals surface area contributed by atoms with E-state index >= 15 is 0 Å². The van der Waals surface area contributed by atoms with Gasteiger partial charge >= 0.3 is 0 Å². The lowest BCUT2D eigenvalue weighted by Gasteiger charge is -2.15. The molecular formula is C14H22ClN. The minimum absolute atomic E-state index is 0.241. The van der Waals surface area contributed by atoms with Gasteiger partial charge in [0.25, 0.3) is 0 Å². The zero-order valence-electron chi connectivity index (χ0n) is 10.5. The normalized spacial score (nSPS) is 14.8. The van der Waals surface area contributed by atoms with Crippen molar-refractivity contribution in [3.05, 3.63) is 35.4 Å². The summed E-state index contributed by atoms with van der Waals surface area (Å²) in [7, 11) is 0. The number of halogens is 1. The van der Waals surface area contributed by atoms with Crippen LogP contribution in [0.2, 0.25) is 0 Å². The largest absolute Gasteiger partial charge is 0.310 e. The van der Waals surface area contributed by atoms with E-state index in [1.165, 1.54) is 11.1 Å². The average molecular weight is 240 g/mol. The minimum atomic E-state index is 0.241. The Labute approximate surface area is 104 Å². The second-order valence-electron chi connectivity index (χ2n) is 4.47. The molecule has 2 unspecified atom stereocenters. The lowest BCUT2D eigenvalue weighted by Crippen LogP contribution is -2.27. The maximum atomic E-state index is 5.95. The second kappa shape index (κ2) is 6.93. The van der Waals surface area contributed by atoms with E-state index in [-0.39, 0.29) is 5.38 Å². The zero-order valence-corrected chi connectivity index (χ0v) is 11.2. The van der Waals surface area contributed by atoms with Gasteiger partial charge in [0.05, 0.1) is 0 Å². The molecule has 0 fully saturated rings. The van der Waals surface area contributed by atoms with E-state index < -0.39 is 0 Å². The van der Waals surface area contributed by atoms with Gasteiger partial charge in [-0.1, -0.05) is 31.2 Å². The molecule has 0 aliphatic rings. The zero-order chi connectivity index (χ0) is 12.0. The second-order valence-corrected chi connectivity index (χ2v) is 5.21. The summed E-state index contributed by atoms with van der Waals surface area (Å²) in [6.45, 7) is 7.32. The molecule has 1 rings (SSSR count). The van der Waals surface area contributed by atoms with Crippen LogP contribution in [0.1, 0.15) is 38.3 Å². The number of aryl methyl sites for hydroxylation is 1. The summed E-state index contributed by atoms with van der Waals surface area (Å²) in [5, 5.41) is 3.72. The predicted molar refractivity (Wildman–Crippen MR) is 72.1 cm³/mol. The van der Waals surface area contributed by atoms with E-state index in [0.29, 0.717) is 6.04 Å². The molecule has 1 N–H and O–H groups in total. The summed E-state index contributed by atoms with van der Waals surface area (Å²) >= 11 is 5.95. The fraction of sp³-hybridized carbons (Fsp3) is 0.571. The molecule has 0 aliphatic heterocycles. The third-order valence-corrected chi connectivity index (χ3v) is 2.94. The van der Waals surface area contributed by atoms with Gasteiger partial charge in [-0.3, -0.25) is 0 Å². The topological polar surface area (TPSA) is 12.0 Å². The van der Waals surface area contributed by atoms with Crippen molar-refractivity contribution in [2.75, 3.05) is 0 Å². The average Bonchev–Trinajstić information content (AvgIpc) is 2.26. The van der Waals surface area contributed by atoms with Gasteiger partial charge < -0.3 is 5.32 Å². The van der Waals surface area contributed by atoms with Crippen molar-refractivity contribution in [1.29, 1.82) is 0 Å². The van der Waals surface area contributed by atoms with Crippen LogP contribution in [0.5, 0.6) is 0 Å². The smallest absolute Gasteiger partial charge is 0.0322 e. The molecular weight excluding hydrogens is 218 g/mol. The third-order valence-electron chi connectivity index (χ3n) is 2.76. The van der Waals surface area contributed by atoms with E-state index in [9.17, 15) is 0 Å². The molecule has 0 radical (unpaired) electrons. The van der Waals surface area contributed by atoms with Gasteiger partial charge in [-0.25, -0.2) is 0 Å². The molecule has 2 heteroatoms. The lowest BCUT2D eigenvalue weighted by atomic mass is 10.1. The van der Waals surface area contributed by atoms with Crippen LogP contribution < -0.4 is 5.32 Å². The van der Waals surface area contributed by atoms with Crippen molar-refractivity contribution >= 4 is 11.6 Å². The number of rotatable bonds is 6. The highest BCUT2D eigenvalue weighted by Crippen LogP contribution is 2.07. The highest BCUT2D eigenvalue weighted by atomic mass is 35.5. The Morgan fingerprint density at radius 1 is 1.12 bits per heavy atom. The maximum absolute atomic E-state index is 5.95. The number of benzene rings is 1. The number of hydrogen-bond acceptors (Lipinski definition) is 1. The van der Waals surface area contributed by atoms with Crippen LogP contribution >= 0.6 is 11.6 Å². The molecule has 0 saturated carbocycles. The first-order chi connectivity index (χ1) is 7.61. The molecule has 0 aliphatic carbocycles. The fourth-order valence-corrected chi connectivity index (χ4v) is 2.02. The van der Waals surface area contributed by atoms with Crippen molar-refractivity contribution in [3.63, 3.8) is 0 Å². The Balaban J connectivity index is 2.36. The molecule has 1 nitrogen and oxygen atoms in total. The van der Waals surface area contributed by atoms with Crippen molar-refractivity contribution in [2.24, 2.45) is 0 Å². The maximum Gasteiger partial charge on any atom is 0.0322 e. The lowest BCUT2D eigenvalue weighted by molar-refractivity contribution is 0.511. The Bertz CT molecular complexity index is 292. The SMILES string of the molecule is CCc1ccc(CNC(C)CC(C)Cl)cc1. The first-order valence-electron chi connectivity index (χ1n) is 6.07. The van der Waals surface area contributed by atoms with Crippen LogP contribution in [-0.2, 0) is 13.0 Å². The summed E-state index contributed by atoms with van der Waals surface area (Å²) in [6.07, 6.45) is 2.11. The first kappa shape index (κ1) is 13.5. The van der Waals surface area contributed by atoms with Crippen LogP contribution in [0.25, 0.3) is 0 Å². The van der Waals surface area contributed by atoms with Gasteiger partial charge in [0, 0.05) is 18.0 Å². The molecule has 16 heavy (non-hydrogen) atoms. The summed E-state index contributed by atoms with van der Waals surface area (Å²) in [6, 6.07) is 9.27. The van der Waals surface area contributed by atoms with Gasteiger partial charge in [-0.15, -0.1) is 11.6 Å². The number of nitrogens with one attached hydrogen (secondary N) is 1. The van der Waals surface area contributed by atoms with Crippen molar-refractivity contribution in [2.45, 2.75) is 51.6 Å². The molecule has 0 bridgehead atoms. The highest BCUT2D eigenvalue weighted by Gasteiger charge is 2.05. The van der Waals surface area contributed by atoms with Crippen molar-refractivity contribution < 1.29 is 0 Å². The van der Waals surface area contributed by atoms with Crippen LogP contribution in [-0.4, -0.2) is 11.4 Å². The van der Waals surface area contributed by atoms with E-state index in [2.05, 4.69) is 43.4 Å². The summed E-state index contributed by atoms with van der Waals surface area (Å²) in [5.41, 5.74) is 2.73. The van der Waals surface area contributed by atoms with E-state index in [1.54, 1.807) is 0 Å². The standard InChI is InChI=1S/C14H22ClN/c1-4-13-5-7-14(8-6-13)10-16-12(3)9-11(2)15/h5-8,11-12,16H,4,9-10H2,1-3H3. The summed E-state index contributed by atoms with van der Waals surface area (Å²) in [4.78, 5) is 0. The number of alkyl halides is 1. The molecule has 2 atom stereocenters. The molecule has 0 heterocycles. The van der Waals surface area contributed by atoms with Gasteiger partial charge in [-0.2, -0.15) is 0 Å². The molecule has 1 aromatic carbocycles. The van der Waals surface area contributed by atoms with E-state index in [1.807, 2.05) is 6.92 Å². The predicted octanol–water partition coefficient (Wildman–Crippen LogP) is 3.74. The van der Waals surface area contributed by atoms with E-state index in [0.717, 1.165) is 19.4 Å². The Morgan fingerprint density at radius 2 is 1.69 bits per heavy atom. The van der Waals surface area contributed by atoms with Crippen molar-refractivity contribution in [3.8, 4) is 0 Å². The first-order valence-corrected chi connectivity index (χ1v) is 6.50. The molecule has 1 aromatic rings. The van der Waals surface area contributed by atoms with Crippen LogP contribution in [0.15, 0.2) is 24.3 Å². The van der Waals surface area contributed by atoms with Crippen molar-refractivity contribution in [1.82, 2.24) is 5.32 Å². The Morgan fingerprint density at radius 3 is 2.19 bits per heavy atom. The Hall–Kier alpha value is -0.530.